The fourth-order valence-electron chi connectivity index (χ4n) is 1.46. The highest BCUT2D eigenvalue weighted by atomic mass is 35.5. The van der Waals surface area contributed by atoms with Gasteiger partial charge in [0.15, 0.2) is 11.5 Å². The minimum Gasteiger partial charge on any atom is -0.454 e. The summed E-state index contributed by atoms with van der Waals surface area (Å²) in [7, 11) is 0. The lowest BCUT2D eigenvalue weighted by atomic mass is 10.2. The van der Waals surface area contributed by atoms with E-state index in [-0.39, 0.29) is 6.79 Å². The number of hydrogen-bond donors (Lipinski definition) is 2. The molecule has 1 aliphatic heterocycles. The maximum Gasteiger partial charge on any atom is 0.231 e. The largest absolute Gasteiger partial charge is 0.454 e. The number of hydrogen-bond acceptors (Lipinski definition) is 4. The van der Waals surface area contributed by atoms with Crippen LogP contribution < -0.4 is 20.5 Å². The van der Waals surface area contributed by atoms with Crippen molar-refractivity contribution in [3.05, 3.63) is 22.7 Å². The van der Waals surface area contributed by atoms with E-state index in [1.807, 2.05) is 12.1 Å². The van der Waals surface area contributed by atoms with Crippen LogP contribution >= 0.6 is 11.6 Å². The van der Waals surface area contributed by atoms with Gasteiger partial charge in [-0.25, -0.2) is 0 Å². The normalized spacial score (nSPS) is 13.2. The molecule has 0 aliphatic carbocycles. The molecule has 82 valence electrons. The van der Waals surface area contributed by atoms with Crippen LogP contribution in [0.15, 0.2) is 12.1 Å². The van der Waals surface area contributed by atoms with Gasteiger partial charge in [-0.3, -0.25) is 0 Å². The van der Waals surface area contributed by atoms with E-state index in [9.17, 15) is 0 Å². The summed E-state index contributed by atoms with van der Waals surface area (Å²) < 4.78 is 10.5. The number of benzene rings is 1. The SMILES string of the molecule is NCCNCc1cc(Cl)c2c(c1)OCO2. The molecule has 0 saturated carbocycles. The molecule has 0 unspecified atom stereocenters. The third kappa shape index (κ3) is 2.34. The zero-order chi connectivity index (χ0) is 10.7. The van der Waals surface area contributed by atoms with E-state index in [1.54, 1.807) is 0 Å². The van der Waals surface area contributed by atoms with Crippen LogP contribution in [0.4, 0.5) is 0 Å². The molecule has 15 heavy (non-hydrogen) atoms. The molecule has 1 aromatic rings. The summed E-state index contributed by atoms with van der Waals surface area (Å²) in [5.41, 5.74) is 6.45. The second-order valence-electron chi connectivity index (χ2n) is 3.28. The van der Waals surface area contributed by atoms with E-state index in [0.717, 1.165) is 18.7 Å². The minimum atomic E-state index is 0.245. The Hall–Kier alpha value is -0.970. The summed E-state index contributed by atoms with van der Waals surface area (Å²) in [6, 6.07) is 3.80. The predicted octanol–water partition coefficient (Wildman–Crippen LogP) is 1.12. The average Bonchev–Trinajstić information content (AvgIpc) is 2.66. The van der Waals surface area contributed by atoms with Crippen LogP contribution in [0.5, 0.6) is 11.5 Å². The first-order chi connectivity index (χ1) is 7.31. The lowest BCUT2D eigenvalue weighted by Gasteiger charge is -2.05. The van der Waals surface area contributed by atoms with Gasteiger partial charge >= 0.3 is 0 Å². The molecule has 2 rings (SSSR count). The maximum absolute atomic E-state index is 6.03. The first-order valence-electron chi connectivity index (χ1n) is 4.80. The molecular formula is C10H13ClN2O2. The van der Waals surface area contributed by atoms with Crippen molar-refractivity contribution in [2.75, 3.05) is 19.9 Å². The lowest BCUT2D eigenvalue weighted by molar-refractivity contribution is 0.174. The molecule has 0 atom stereocenters. The summed E-state index contributed by atoms with van der Waals surface area (Å²) in [5.74, 6) is 1.35. The second kappa shape index (κ2) is 4.70. The standard InChI is InChI=1S/C10H13ClN2O2/c11-8-3-7(5-13-2-1-12)4-9-10(8)15-6-14-9/h3-4,13H,1-2,5-6,12H2. The van der Waals surface area contributed by atoms with Crippen LogP contribution in [0.1, 0.15) is 5.56 Å². The maximum atomic E-state index is 6.03. The number of nitrogens with one attached hydrogen (secondary N) is 1. The fourth-order valence-corrected chi connectivity index (χ4v) is 1.75. The molecule has 0 spiro atoms. The Morgan fingerprint density at radius 3 is 3.07 bits per heavy atom. The van der Waals surface area contributed by atoms with Crippen molar-refractivity contribution in [3.8, 4) is 11.5 Å². The molecule has 1 aromatic carbocycles. The number of fused-ring (bicyclic) bond motifs is 1. The predicted molar refractivity (Wildman–Crippen MR) is 58.3 cm³/mol. The van der Waals surface area contributed by atoms with Crippen LogP contribution in [0.2, 0.25) is 5.02 Å². The van der Waals surface area contributed by atoms with E-state index in [0.29, 0.717) is 23.1 Å². The van der Waals surface area contributed by atoms with Crippen molar-refractivity contribution in [1.29, 1.82) is 0 Å². The molecule has 0 saturated heterocycles. The van der Waals surface area contributed by atoms with Crippen LogP contribution in [-0.2, 0) is 6.54 Å². The number of rotatable bonds is 4. The Morgan fingerprint density at radius 1 is 1.40 bits per heavy atom. The highest BCUT2D eigenvalue weighted by molar-refractivity contribution is 6.32. The monoisotopic (exact) mass is 228 g/mol. The van der Waals surface area contributed by atoms with Crippen molar-refractivity contribution in [1.82, 2.24) is 5.32 Å². The van der Waals surface area contributed by atoms with Gasteiger partial charge in [-0.1, -0.05) is 11.6 Å². The first-order valence-corrected chi connectivity index (χ1v) is 5.18. The number of nitrogens with two attached hydrogens (primary N) is 1. The zero-order valence-corrected chi connectivity index (χ0v) is 9.01. The highest BCUT2D eigenvalue weighted by Crippen LogP contribution is 2.39. The summed E-state index contributed by atoms with van der Waals surface area (Å²) in [6.07, 6.45) is 0. The Labute approximate surface area is 93.3 Å². The van der Waals surface area contributed by atoms with E-state index < -0.39 is 0 Å². The molecule has 1 heterocycles. The zero-order valence-electron chi connectivity index (χ0n) is 8.25. The fraction of sp³-hybridized carbons (Fsp3) is 0.400. The Morgan fingerprint density at radius 2 is 2.27 bits per heavy atom. The van der Waals surface area contributed by atoms with E-state index in [2.05, 4.69) is 5.32 Å². The molecule has 0 fully saturated rings. The third-order valence-electron chi connectivity index (χ3n) is 2.14. The molecule has 0 aromatic heterocycles. The van der Waals surface area contributed by atoms with E-state index in [4.69, 9.17) is 26.8 Å². The van der Waals surface area contributed by atoms with Crippen LogP contribution in [0.3, 0.4) is 0 Å². The van der Waals surface area contributed by atoms with Gasteiger partial charge in [-0.2, -0.15) is 0 Å². The Bertz CT molecular complexity index is 358. The summed E-state index contributed by atoms with van der Waals surface area (Å²) in [5, 5.41) is 3.78. The quantitative estimate of drug-likeness (QED) is 0.759. The molecule has 0 bridgehead atoms. The van der Waals surface area contributed by atoms with E-state index in [1.165, 1.54) is 0 Å². The third-order valence-corrected chi connectivity index (χ3v) is 2.42. The first kappa shape index (κ1) is 10.5. The Balaban J connectivity index is 2.09. The summed E-state index contributed by atoms with van der Waals surface area (Å²) in [6.45, 7) is 2.38. The van der Waals surface area contributed by atoms with Gasteiger partial charge in [0.1, 0.15) is 0 Å². The molecule has 0 radical (unpaired) electrons. The van der Waals surface area contributed by atoms with Crippen molar-refractivity contribution < 1.29 is 9.47 Å². The van der Waals surface area contributed by atoms with Gasteiger partial charge in [-0.05, 0) is 17.7 Å². The molecule has 4 nitrogen and oxygen atoms in total. The van der Waals surface area contributed by atoms with Crippen LogP contribution in [-0.4, -0.2) is 19.9 Å². The number of halogens is 1. The summed E-state index contributed by atoms with van der Waals surface area (Å²) >= 11 is 6.03. The lowest BCUT2D eigenvalue weighted by Crippen LogP contribution is -2.21. The minimum absolute atomic E-state index is 0.245. The number of ether oxygens (including phenoxy) is 2. The topological polar surface area (TPSA) is 56.5 Å². The molecule has 1 aliphatic rings. The van der Waals surface area contributed by atoms with Gasteiger partial charge in [0.25, 0.3) is 0 Å². The van der Waals surface area contributed by atoms with Crippen molar-refractivity contribution in [2.24, 2.45) is 5.73 Å². The molecular weight excluding hydrogens is 216 g/mol. The van der Waals surface area contributed by atoms with Crippen molar-refractivity contribution >= 4 is 11.6 Å². The van der Waals surface area contributed by atoms with Gasteiger partial charge in [0.05, 0.1) is 5.02 Å². The van der Waals surface area contributed by atoms with Gasteiger partial charge in [0.2, 0.25) is 6.79 Å². The van der Waals surface area contributed by atoms with Gasteiger partial charge in [0, 0.05) is 19.6 Å². The average molecular weight is 229 g/mol. The van der Waals surface area contributed by atoms with Gasteiger partial charge in [-0.15, -0.1) is 0 Å². The highest BCUT2D eigenvalue weighted by Gasteiger charge is 2.17. The molecule has 0 amide bonds. The Kier molecular flexibility index (Phi) is 3.30. The smallest absolute Gasteiger partial charge is 0.231 e. The van der Waals surface area contributed by atoms with E-state index >= 15 is 0 Å². The van der Waals surface area contributed by atoms with Crippen LogP contribution in [0.25, 0.3) is 0 Å². The van der Waals surface area contributed by atoms with Crippen molar-refractivity contribution in [2.45, 2.75) is 6.54 Å². The van der Waals surface area contributed by atoms with Crippen molar-refractivity contribution in [3.63, 3.8) is 0 Å². The van der Waals surface area contributed by atoms with Crippen LogP contribution in [0, 0.1) is 0 Å². The summed E-state index contributed by atoms with van der Waals surface area (Å²) in [4.78, 5) is 0. The molecule has 5 heteroatoms. The van der Waals surface area contributed by atoms with Gasteiger partial charge < -0.3 is 20.5 Å². The molecule has 3 N–H and O–H groups in total. The second-order valence-corrected chi connectivity index (χ2v) is 3.68.